The second-order valence-electron chi connectivity index (χ2n) is 6.19. The van der Waals surface area contributed by atoms with Crippen LogP contribution in [0.25, 0.3) is 22.2 Å². The second kappa shape index (κ2) is 7.78. The van der Waals surface area contributed by atoms with Gasteiger partial charge in [-0.1, -0.05) is 11.6 Å². The number of alkyl halides is 3. The number of unbranched alkanes of at least 4 members (excludes halogenated alkanes) is 1. The highest BCUT2D eigenvalue weighted by atomic mass is 35.5. The summed E-state index contributed by atoms with van der Waals surface area (Å²) < 4.78 is 45.6. The number of aromatic nitrogens is 2. The maximum absolute atomic E-state index is 13.5. The average molecular weight is 398 g/mol. The van der Waals surface area contributed by atoms with Gasteiger partial charge in [-0.05, 0) is 49.6 Å². The first-order valence-corrected chi connectivity index (χ1v) is 8.84. The van der Waals surface area contributed by atoms with Gasteiger partial charge in [-0.2, -0.15) is 13.2 Å². The van der Waals surface area contributed by atoms with Crippen molar-refractivity contribution in [3.8, 4) is 17.1 Å². The van der Waals surface area contributed by atoms with Crippen LogP contribution in [0, 0.1) is 0 Å². The molecule has 8 heteroatoms. The molecule has 3 aromatic rings. The van der Waals surface area contributed by atoms with E-state index in [4.69, 9.17) is 22.1 Å². The van der Waals surface area contributed by atoms with Gasteiger partial charge in [-0.15, -0.1) is 0 Å². The van der Waals surface area contributed by atoms with Crippen molar-refractivity contribution in [3.05, 3.63) is 46.6 Å². The first-order chi connectivity index (χ1) is 12.8. The lowest BCUT2D eigenvalue weighted by Crippen LogP contribution is -2.05. The van der Waals surface area contributed by atoms with E-state index in [1.807, 2.05) is 0 Å². The van der Waals surface area contributed by atoms with Gasteiger partial charge in [-0.25, -0.2) is 4.98 Å². The van der Waals surface area contributed by atoms with Gasteiger partial charge >= 0.3 is 6.18 Å². The SMILES string of the molecule is COc1ccc(-c2[nH]c3c(C(F)(F)F)cc(Cl)cc3c2CCCCN)cn1. The number of halogens is 4. The summed E-state index contributed by atoms with van der Waals surface area (Å²) in [6.45, 7) is 0.524. The molecule has 0 radical (unpaired) electrons. The van der Waals surface area contributed by atoms with Crippen LogP contribution in [0.15, 0.2) is 30.5 Å². The quantitative estimate of drug-likeness (QED) is 0.562. The van der Waals surface area contributed by atoms with Gasteiger partial charge in [0, 0.05) is 28.2 Å². The summed E-state index contributed by atoms with van der Waals surface area (Å²) >= 11 is 6.00. The Bertz CT molecular complexity index is 936. The maximum Gasteiger partial charge on any atom is 0.418 e. The second-order valence-corrected chi connectivity index (χ2v) is 6.62. The maximum atomic E-state index is 13.5. The fraction of sp³-hybridized carbons (Fsp3) is 0.316. The van der Waals surface area contributed by atoms with Crippen LogP contribution in [0.2, 0.25) is 5.02 Å². The Labute approximate surface area is 159 Å². The highest BCUT2D eigenvalue weighted by Gasteiger charge is 2.34. The van der Waals surface area contributed by atoms with Crippen molar-refractivity contribution in [1.82, 2.24) is 9.97 Å². The molecule has 0 amide bonds. The molecule has 1 aromatic carbocycles. The Balaban J connectivity index is 2.22. The number of fused-ring (bicyclic) bond motifs is 1. The molecule has 0 unspecified atom stereocenters. The van der Waals surface area contributed by atoms with Crippen LogP contribution in [0.5, 0.6) is 5.88 Å². The van der Waals surface area contributed by atoms with E-state index in [2.05, 4.69) is 9.97 Å². The molecule has 0 bridgehead atoms. The van der Waals surface area contributed by atoms with Gasteiger partial charge in [-0.3, -0.25) is 0 Å². The number of rotatable bonds is 6. The van der Waals surface area contributed by atoms with Crippen LogP contribution < -0.4 is 10.5 Å². The van der Waals surface area contributed by atoms with Crippen molar-refractivity contribution in [3.63, 3.8) is 0 Å². The Morgan fingerprint density at radius 3 is 2.59 bits per heavy atom. The summed E-state index contributed by atoms with van der Waals surface area (Å²) in [5.74, 6) is 0.429. The van der Waals surface area contributed by atoms with Gasteiger partial charge in [0.2, 0.25) is 5.88 Å². The first kappa shape index (κ1) is 19.5. The number of aryl methyl sites for hydroxylation is 1. The third kappa shape index (κ3) is 4.04. The minimum absolute atomic E-state index is 0.0282. The molecule has 3 N–H and O–H groups in total. The predicted octanol–water partition coefficient (Wildman–Crippen LogP) is 5.19. The van der Waals surface area contributed by atoms with E-state index in [9.17, 15) is 13.2 Å². The topological polar surface area (TPSA) is 63.9 Å². The number of nitrogens with one attached hydrogen (secondary N) is 1. The van der Waals surface area contributed by atoms with Crippen molar-refractivity contribution in [2.45, 2.75) is 25.4 Å². The van der Waals surface area contributed by atoms with Crippen LogP contribution in [0.3, 0.4) is 0 Å². The van der Waals surface area contributed by atoms with Crippen molar-refractivity contribution in [2.75, 3.05) is 13.7 Å². The van der Waals surface area contributed by atoms with E-state index >= 15 is 0 Å². The number of hydrogen-bond donors (Lipinski definition) is 2. The number of pyridine rings is 1. The molecule has 4 nitrogen and oxygen atoms in total. The molecule has 144 valence electrons. The Morgan fingerprint density at radius 2 is 2.00 bits per heavy atom. The fourth-order valence-corrected chi connectivity index (χ4v) is 3.36. The summed E-state index contributed by atoms with van der Waals surface area (Å²) in [5.41, 5.74) is 6.87. The van der Waals surface area contributed by atoms with E-state index in [1.54, 1.807) is 24.4 Å². The van der Waals surface area contributed by atoms with Gasteiger partial charge < -0.3 is 15.5 Å². The van der Waals surface area contributed by atoms with Gasteiger partial charge in [0.1, 0.15) is 0 Å². The largest absolute Gasteiger partial charge is 0.481 e. The molecule has 0 atom stereocenters. The van der Waals surface area contributed by atoms with Crippen LogP contribution in [-0.4, -0.2) is 23.6 Å². The molecule has 2 heterocycles. The first-order valence-electron chi connectivity index (χ1n) is 8.47. The lowest BCUT2D eigenvalue weighted by molar-refractivity contribution is -0.136. The summed E-state index contributed by atoms with van der Waals surface area (Å²) in [7, 11) is 1.50. The van der Waals surface area contributed by atoms with Gasteiger partial charge in [0.05, 0.1) is 23.9 Å². The van der Waals surface area contributed by atoms with Gasteiger partial charge in [0.15, 0.2) is 0 Å². The van der Waals surface area contributed by atoms with E-state index < -0.39 is 11.7 Å². The summed E-state index contributed by atoms with van der Waals surface area (Å²) in [5, 5.41) is 0.519. The van der Waals surface area contributed by atoms with Crippen LogP contribution in [0.1, 0.15) is 24.0 Å². The van der Waals surface area contributed by atoms with Crippen molar-refractivity contribution in [2.24, 2.45) is 5.73 Å². The minimum Gasteiger partial charge on any atom is -0.481 e. The normalized spacial score (nSPS) is 11.9. The lowest BCUT2D eigenvalue weighted by Gasteiger charge is -2.09. The van der Waals surface area contributed by atoms with E-state index in [1.165, 1.54) is 7.11 Å². The number of H-pyrrole nitrogens is 1. The van der Waals surface area contributed by atoms with E-state index in [-0.39, 0.29) is 10.5 Å². The van der Waals surface area contributed by atoms with E-state index in [0.717, 1.165) is 24.5 Å². The summed E-state index contributed by atoms with van der Waals surface area (Å²) in [6, 6.07) is 5.95. The van der Waals surface area contributed by atoms with Crippen molar-refractivity contribution >= 4 is 22.5 Å². The molecule has 0 aliphatic heterocycles. The van der Waals surface area contributed by atoms with Crippen LogP contribution >= 0.6 is 11.6 Å². The zero-order valence-electron chi connectivity index (χ0n) is 14.7. The molecule has 0 aliphatic rings. The zero-order valence-corrected chi connectivity index (χ0v) is 15.4. The lowest BCUT2D eigenvalue weighted by atomic mass is 10.00. The molecule has 2 aromatic heterocycles. The molecule has 27 heavy (non-hydrogen) atoms. The highest BCUT2D eigenvalue weighted by Crippen LogP contribution is 2.41. The Hall–Kier alpha value is -2.25. The van der Waals surface area contributed by atoms with Crippen LogP contribution in [0.4, 0.5) is 13.2 Å². The molecule has 0 fully saturated rings. The molecule has 3 rings (SSSR count). The third-order valence-electron chi connectivity index (χ3n) is 4.40. The molecule has 0 saturated carbocycles. The predicted molar refractivity (Wildman–Crippen MR) is 100 cm³/mol. The van der Waals surface area contributed by atoms with Gasteiger partial charge in [0.25, 0.3) is 0 Å². The van der Waals surface area contributed by atoms with E-state index in [0.29, 0.717) is 35.5 Å². The fourth-order valence-electron chi connectivity index (χ4n) is 3.14. The standard InChI is InChI=1S/C19H19ClF3N3O/c1-27-16-6-5-11(10-25-16)17-13(4-2-3-7-24)14-8-12(20)9-15(18(14)26-17)19(21,22)23/h5-6,8-10,26H,2-4,7,24H2,1H3. The van der Waals surface area contributed by atoms with Crippen LogP contribution in [-0.2, 0) is 12.6 Å². The number of hydrogen-bond acceptors (Lipinski definition) is 3. The summed E-state index contributed by atoms with van der Waals surface area (Å²) in [6.07, 6.45) is -0.827. The molecular formula is C19H19ClF3N3O. The number of methoxy groups -OCH3 is 1. The Morgan fingerprint density at radius 1 is 1.22 bits per heavy atom. The zero-order chi connectivity index (χ0) is 19.6. The number of aromatic amines is 1. The monoisotopic (exact) mass is 397 g/mol. The minimum atomic E-state index is -4.52. The summed E-state index contributed by atoms with van der Waals surface area (Å²) in [4.78, 5) is 7.12. The number of nitrogens with two attached hydrogens (primary N) is 1. The number of nitrogens with zero attached hydrogens (tertiary/aromatic N) is 1. The molecule has 0 spiro atoms. The third-order valence-corrected chi connectivity index (χ3v) is 4.62. The molecule has 0 saturated heterocycles. The molecular weight excluding hydrogens is 379 g/mol. The molecule has 0 aliphatic carbocycles. The number of benzene rings is 1. The average Bonchev–Trinajstić information content (AvgIpc) is 2.99. The van der Waals surface area contributed by atoms with Crippen molar-refractivity contribution in [1.29, 1.82) is 0 Å². The Kier molecular flexibility index (Phi) is 5.62. The number of ether oxygens (including phenoxy) is 1. The van der Waals surface area contributed by atoms with Crippen molar-refractivity contribution < 1.29 is 17.9 Å². The highest BCUT2D eigenvalue weighted by molar-refractivity contribution is 6.31. The smallest absolute Gasteiger partial charge is 0.418 e.